The van der Waals surface area contributed by atoms with Crippen molar-refractivity contribution in [2.24, 2.45) is 5.10 Å². The smallest absolute Gasteiger partial charge is 0.291 e. The van der Waals surface area contributed by atoms with Crippen molar-refractivity contribution in [3.63, 3.8) is 0 Å². The molecule has 2 heterocycles. The van der Waals surface area contributed by atoms with Gasteiger partial charge in [-0.1, -0.05) is 34.8 Å². The summed E-state index contributed by atoms with van der Waals surface area (Å²) in [5, 5.41) is 22.6. The molecule has 0 aromatic carbocycles. The summed E-state index contributed by atoms with van der Waals surface area (Å²) in [5.74, 6) is -0.957. The van der Waals surface area contributed by atoms with Gasteiger partial charge in [0, 0.05) is 17.3 Å². The van der Waals surface area contributed by atoms with Crippen LogP contribution in [0, 0.1) is 6.92 Å². The summed E-state index contributed by atoms with van der Waals surface area (Å²) in [4.78, 5) is 19.8. The third-order valence-electron chi connectivity index (χ3n) is 3.17. The van der Waals surface area contributed by atoms with E-state index in [1.807, 2.05) is 0 Å². The van der Waals surface area contributed by atoms with Crippen LogP contribution in [0.2, 0.25) is 15.2 Å². The SMILES string of the molecule is Cc1ncc(CO)c(/C=N\NC(=O)c2nc(Cl)c(Cl)c(N)c2Cl)c1O. The molecule has 0 bridgehead atoms. The number of carbonyl (C=O) groups is 1. The Hall–Kier alpha value is -2.13. The van der Waals surface area contributed by atoms with Crippen molar-refractivity contribution < 1.29 is 15.0 Å². The van der Waals surface area contributed by atoms with Crippen LogP contribution in [-0.2, 0) is 6.61 Å². The van der Waals surface area contributed by atoms with E-state index in [-0.39, 0.29) is 44.5 Å². The molecule has 0 fully saturated rings. The summed E-state index contributed by atoms with van der Waals surface area (Å²) in [6, 6.07) is 0. The number of hydrogen-bond donors (Lipinski definition) is 4. The zero-order valence-corrected chi connectivity index (χ0v) is 15.0. The Morgan fingerprint density at radius 1 is 1.40 bits per heavy atom. The minimum atomic E-state index is -0.790. The van der Waals surface area contributed by atoms with E-state index in [1.165, 1.54) is 6.20 Å². The Morgan fingerprint density at radius 2 is 2.08 bits per heavy atom. The van der Waals surface area contributed by atoms with Gasteiger partial charge in [-0.25, -0.2) is 10.4 Å². The average Bonchev–Trinajstić information content (AvgIpc) is 2.59. The number of nitrogens with zero attached hydrogens (tertiary/aromatic N) is 3. The number of aliphatic hydroxyl groups excluding tert-OH is 1. The number of amides is 1. The van der Waals surface area contributed by atoms with E-state index in [9.17, 15) is 15.0 Å². The number of halogens is 3. The van der Waals surface area contributed by atoms with E-state index < -0.39 is 5.91 Å². The number of aromatic nitrogens is 2. The van der Waals surface area contributed by atoms with E-state index >= 15 is 0 Å². The second kappa shape index (κ2) is 7.83. The lowest BCUT2D eigenvalue weighted by atomic mass is 10.1. The van der Waals surface area contributed by atoms with Crippen LogP contribution in [0.3, 0.4) is 0 Å². The molecule has 8 nitrogen and oxygen atoms in total. The predicted molar refractivity (Wildman–Crippen MR) is 95.3 cm³/mol. The molecular weight excluding hydrogens is 393 g/mol. The van der Waals surface area contributed by atoms with Crippen molar-refractivity contribution in [1.29, 1.82) is 0 Å². The molecule has 0 radical (unpaired) electrons. The summed E-state index contributed by atoms with van der Waals surface area (Å²) in [5.41, 5.74) is 8.35. The van der Waals surface area contributed by atoms with Gasteiger partial charge in [-0.15, -0.1) is 0 Å². The normalized spacial score (nSPS) is 11.1. The largest absolute Gasteiger partial charge is 0.505 e. The van der Waals surface area contributed by atoms with E-state index in [1.54, 1.807) is 6.92 Å². The molecule has 0 aliphatic carbocycles. The maximum atomic E-state index is 12.1. The van der Waals surface area contributed by atoms with Crippen molar-refractivity contribution in [1.82, 2.24) is 15.4 Å². The maximum absolute atomic E-state index is 12.1. The van der Waals surface area contributed by atoms with Crippen molar-refractivity contribution in [2.45, 2.75) is 13.5 Å². The number of nitrogens with two attached hydrogens (primary N) is 1. The highest BCUT2D eigenvalue weighted by atomic mass is 35.5. The molecular formula is C14H12Cl3N5O3. The van der Waals surface area contributed by atoms with Gasteiger partial charge < -0.3 is 15.9 Å². The minimum absolute atomic E-state index is 0.0588. The van der Waals surface area contributed by atoms with Crippen molar-refractivity contribution in [2.75, 3.05) is 5.73 Å². The van der Waals surface area contributed by atoms with E-state index in [0.717, 1.165) is 6.21 Å². The van der Waals surface area contributed by atoms with Crippen LogP contribution in [0.25, 0.3) is 0 Å². The standard InChI is InChI=1S/C14H12Cl3N5O3/c1-5-12(24)7(6(4-23)2-19-5)3-20-22-14(25)11-8(15)10(18)9(16)13(17)21-11/h2-3,23-24H,4H2,1H3,(H2,18,21)(H,22,25)/b20-3-. The molecule has 0 unspecified atom stereocenters. The molecule has 0 aliphatic rings. The fourth-order valence-electron chi connectivity index (χ4n) is 1.81. The molecule has 5 N–H and O–H groups in total. The summed E-state index contributed by atoms with van der Waals surface area (Å²) in [7, 11) is 0. The summed E-state index contributed by atoms with van der Waals surface area (Å²) >= 11 is 17.5. The molecule has 11 heteroatoms. The molecule has 2 rings (SSSR count). The van der Waals surface area contributed by atoms with Crippen LogP contribution < -0.4 is 11.2 Å². The quantitative estimate of drug-likeness (QED) is 0.351. The minimum Gasteiger partial charge on any atom is -0.505 e. The topological polar surface area (TPSA) is 134 Å². The van der Waals surface area contributed by atoms with E-state index in [2.05, 4.69) is 20.5 Å². The third kappa shape index (κ3) is 3.93. The number of carbonyl (C=O) groups excluding carboxylic acids is 1. The van der Waals surface area contributed by atoms with Crippen LogP contribution >= 0.6 is 34.8 Å². The number of pyridine rings is 2. The fourth-order valence-corrected chi connectivity index (χ4v) is 2.41. The first-order chi connectivity index (χ1) is 11.8. The lowest BCUT2D eigenvalue weighted by Crippen LogP contribution is -2.20. The van der Waals surface area contributed by atoms with Crippen molar-refractivity contribution in [3.05, 3.63) is 43.9 Å². The molecule has 0 spiro atoms. The first kappa shape index (κ1) is 19.2. The number of aryl methyl sites for hydroxylation is 1. The van der Waals surface area contributed by atoms with Gasteiger partial charge in [0.05, 0.1) is 29.2 Å². The Kier molecular flexibility index (Phi) is 6.02. The molecule has 0 aliphatic heterocycles. The lowest BCUT2D eigenvalue weighted by Gasteiger charge is -2.08. The zero-order chi connectivity index (χ0) is 18.7. The van der Waals surface area contributed by atoms with Crippen LogP contribution in [0.4, 0.5) is 5.69 Å². The third-order valence-corrected chi connectivity index (χ3v) is 4.31. The fraction of sp³-hybridized carbons (Fsp3) is 0.143. The van der Waals surface area contributed by atoms with E-state index in [0.29, 0.717) is 11.3 Å². The molecule has 2 aromatic rings. The average molecular weight is 405 g/mol. The molecule has 0 atom stereocenters. The van der Waals surface area contributed by atoms with Crippen LogP contribution in [0.15, 0.2) is 11.3 Å². The summed E-state index contributed by atoms with van der Waals surface area (Å²) < 4.78 is 0. The first-order valence-corrected chi connectivity index (χ1v) is 7.83. The first-order valence-electron chi connectivity index (χ1n) is 6.69. The monoisotopic (exact) mass is 403 g/mol. The van der Waals surface area contributed by atoms with Crippen LogP contribution in [-0.4, -0.2) is 32.3 Å². The maximum Gasteiger partial charge on any atom is 0.291 e. The van der Waals surface area contributed by atoms with Gasteiger partial charge in [-0.2, -0.15) is 5.10 Å². The number of anilines is 1. The highest BCUT2D eigenvalue weighted by molar-refractivity contribution is 6.46. The lowest BCUT2D eigenvalue weighted by molar-refractivity contribution is 0.0950. The van der Waals surface area contributed by atoms with Gasteiger partial charge in [0.15, 0.2) is 10.8 Å². The second-order valence-corrected chi connectivity index (χ2v) is 5.90. The highest BCUT2D eigenvalue weighted by Gasteiger charge is 2.19. The number of rotatable bonds is 4. The number of hydrogen-bond acceptors (Lipinski definition) is 7. The van der Waals surface area contributed by atoms with Gasteiger partial charge in [-0.05, 0) is 6.92 Å². The predicted octanol–water partition coefficient (Wildman–Crippen LogP) is 2.29. The Morgan fingerprint density at radius 3 is 2.72 bits per heavy atom. The van der Waals surface area contributed by atoms with Gasteiger partial charge in [0.1, 0.15) is 10.8 Å². The van der Waals surface area contributed by atoms with Gasteiger partial charge in [-0.3, -0.25) is 9.78 Å². The molecule has 2 aromatic heterocycles. The number of aliphatic hydroxyl groups is 1. The number of hydrazone groups is 1. The molecule has 0 saturated carbocycles. The number of nitrogen functional groups attached to an aromatic ring is 1. The number of aromatic hydroxyl groups is 1. The molecule has 0 saturated heterocycles. The Bertz CT molecular complexity index is 874. The highest BCUT2D eigenvalue weighted by Crippen LogP contribution is 2.34. The van der Waals surface area contributed by atoms with E-state index in [4.69, 9.17) is 40.5 Å². The van der Waals surface area contributed by atoms with Gasteiger partial charge >= 0.3 is 0 Å². The van der Waals surface area contributed by atoms with Gasteiger partial charge in [0.25, 0.3) is 5.91 Å². The molecule has 132 valence electrons. The second-order valence-electron chi connectivity index (χ2n) is 4.78. The molecule has 1 amide bonds. The number of nitrogens with one attached hydrogen (secondary N) is 1. The van der Waals surface area contributed by atoms with Crippen LogP contribution in [0.1, 0.15) is 27.3 Å². The summed E-state index contributed by atoms with van der Waals surface area (Å²) in [6.45, 7) is 1.21. The van der Waals surface area contributed by atoms with Gasteiger partial charge in [0.2, 0.25) is 0 Å². The van der Waals surface area contributed by atoms with Crippen LogP contribution in [0.5, 0.6) is 5.75 Å². The van der Waals surface area contributed by atoms with Crippen molar-refractivity contribution >= 4 is 52.6 Å². The zero-order valence-electron chi connectivity index (χ0n) is 12.7. The summed E-state index contributed by atoms with van der Waals surface area (Å²) in [6.07, 6.45) is 2.54. The van der Waals surface area contributed by atoms with Crippen molar-refractivity contribution in [3.8, 4) is 5.75 Å². The Balaban J connectivity index is 2.27. The molecule has 25 heavy (non-hydrogen) atoms. The Labute approximate surface area is 157 Å².